The quantitative estimate of drug-likeness (QED) is 0.226. The Balaban J connectivity index is 2.10. The molecule has 3 fully saturated rings. The van der Waals surface area contributed by atoms with Gasteiger partial charge in [0, 0.05) is 9.34 Å². The van der Waals surface area contributed by atoms with Crippen LogP contribution in [0.5, 0.6) is 0 Å². The number of ketones is 1. The molecule has 6 atom stereocenters. The number of hydrogen-bond acceptors (Lipinski definition) is 4. The average molecular weight is 390 g/mol. The second kappa shape index (κ2) is 4.29. The maximum Gasteiger partial charge on any atom is 0.324 e. The molecule has 1 saturated heterocycles. The van der Waals surface area contributed by atoms with E-state index in [2.05, 4.69) is 29.2 Å². The Bertz CT molecular complexity index is 498. The maximum atomic E-state index is 13.1. The fraction of sp³-hybridized carbons (Fsp3) is 0.733. The molecule has 1 spiro atoms. The summed E-state index contributed by atoms with van der Waals surface area (Å²) in [5.74, 6) is -0.568. The summed E-state index contributed by atoms with van der Waals surface area (Å²) in [6, 6.07) is 0. The van der Waals surface area contributed by atoms with Crippen LogP contribution < -0.4 is 0 Å². The lowest BCUT2D eigenvalue weighted by molar-refractivity contribution is -0.152. The number of rotatable bonds is 0. The Hall–Kier alpha value is -0.430. The highest BCUT2D eigenvalue weighted by atomic mass is 127. The average Bonchev–Trinajstić information content (AvgIpc) is 2.82. The van der Waals surface area contributed by atoms with Crippen LogP contribution >= 0.6 is 22.6 Å². The number of cyclic esters (lactones) is 1. The highest BCUT2D eigenvalue weighted by Crippen LogP contribution is 2.63. The Morgan fingerprint density at radius 2 is 2.10 bits per heavy atom. The van der Waals surface area contributed by atoms with Gasteiger partial charge in [-0.3, -0.25) is 9.59 Å². The smallest absolute Gasteiger partial charge is 0.324 e. The van der Waals surface area contributed by atoms with Crippen LogP contribution in [0.2, 0.25) is 0 Å². The van der Waals surface area contributed by atoms with Crippen molar-refractivity contribution >= 4 is 34.3 Å². The Morgan fingerprint density at radius 1 is 1.45 bits per heavy atom. The summed E-state index contributed by atoms with van der Waals surface area (Å²) >= 11 is 2.25. The first kappa shape index (κ1) is 14.5. The molecule has 1 heterocycles. The van der Waals surface area contributed by atoms with E-state index in [0.717, 1.165) is 6.42 Å². The second-order valence-corrected chi connectivity index (χ2v) is 8.23. The van der Waals surface area contributed by atoms with Crippen LogP contribution in [0.25, 0.3) is 0 Å². The molecule has 110 valence electrons. The third-order valence-corrected chi connectivity index (χ3v) is 7.19. The van der Waals surface area contributed by atoms with E-state index in [1.807, 2.05) is 13.8 Å². The normalized spacial score (nSPS) is 51.5. The summed E-state index contributed by atoms with van der Waals surface area (Å²) in [6.45, 7) is 7.89. The molecule has 0 aromatic rings. The van der Waals surface area contributed by atoms with Crippen LogP contribution in [-0.2, 0) is 14.3 Å². The first-order chi connectivity index (χ1) is 9.26. The lowest BCUT2D eigenvalue weighted by Gasteiger charge is -2.45. The van der Waals surface area contributed by atoms with Gasteiger partial charge in [0.2, 0.25) is 0 Å². The fourth-order valence-electron chi connectivity index (χ4n) is 4.33. The first-order valence-corrected chi connectivity index (χ1v) is 8.23. The molecule has 1 aliphatic heterocycles. The Labute approximate surface area is 132 Å². The van der Waals surface area contributed by atoms with Crippen molar-refractivity contribution in [1.82, 2.24) is 0 Å². The molecule has 0 bridgehead atoms. The third-order valence-electron chi connectivity index (χ3n) is 5.95. The van der Waals surface area contributed by atoms with E-state index in [9.17, 15) is 14.7 Å². The lowest BCUT2D eigenvalue weighted by Crippen LogP contribution is -2.51. The van der Waals surface area contributed by atoms with Crippen molar-refractivity contribution in [3.05, 3.63) is 12.2 Å². The van der Waals surface area contributed by atoms with Gasteiger partial charge in [-0.1, -0.05) is 43.0 Å². The third kappa shape index (κ3) is 1.46. The number of carbonyl (C=O) groups is 2. The van der Waals surface area contributed by atoms with E-state index in [0.29, 0.717) is 12.0 Å². The van der Waals surface area contributed by atoms with E-state index < -0.39 is 22.9 Å². The lowest BCUT2D eigenvalue weighted by atomic mass is 9.61. The molecule has 2 saturated carbocycles. The monoisotopic (exact) mass is 390 g/mol. The molecular weight excluding hydrogens is 371 g/mol. The molecule has 5 heteroatoms. The molecule has 1 N–H and O–H groups in total. The predicted molar refractivity (Wildman–Crippen MR) is 81.3 cm³/mol. The van der Waals surface area contributed by atoms with Crippen molar-refractivity contribution < 1.29 is 19.4 Å². The van der Waals surface area contributed by atoms with Gasteiger partial charge in [-0.25, -0.2) is 0 Å². The fourth-order valence-corrected chi connectivity index (χ4v) is 5.57. The molecular formula is C15H19IO4. The van der Waals surface area contributed by atoms with Gasteiger partial charge in [0.15, 0.2) is 11.2 Å². The van der Waals surface area contributed by atoms with Crippen LogP contribution in [0.1, 0.15) is 26.7 Å². The Morgan fingerprint density at radius 3 is 2.65 bits per heavy atom. The van der Waals surface area contributed by atoms with Crippen molar-refractivity contribution in [2.45, 2.75) is 36.7 Å². The van der Waals surface area contributed by atoms with Gasteiger partial charge in [0.25, 0.3) is 0 Å². The zero-order valence-electron chi connectivity index (χ0n) is 11.7. The molecule has 2 aliphatic carbocycles. The number of halogens is 1. The van der Waals surface area contributed by atoms with Crippen LogP contribution in [0, 0.1) is 22.7 Å². The molecule has 0 amide bonds. The zero-order valence-corrected chi connectivity index (χ0v) is 13.8. The molecule has 0 aromatic carbocycles. The van der Waals surface area contributed by atoms with Gasteiger partial charge in [0.1, 0.15) is 6.61 Å². The molecule has 3 aliphatic rings. The largest absolute Gasteiger partial charge is 0.460 e. The highest BCUT2D eigenvalue weighted by Gasteiger charge is 2.70. The molecule has 0 radical (unpaired) electrons. The zero-order chi connectivity index (χ0) is 14.9. The van der Waals surface area contributed by atoms with Crippen molar-refractivity contribution in [3.8, 4) is 0 Å². The maximum absolute atomic E-state index is 13.1. The molecule has 20 heavy (non-hydrogen) atoms. The summed E-state index contributed by atoms with van der Waals surface area (Å²) in [6.07, 6.45) is 0.745. The van der Waals surface area contributed by atoms with E-state index in [1.165, 1.54) is 0 Å². The number of fused-ring (bicyclic) bond motifs is 1. The van der Waals surface area contributed by atoms with Crippen LogP contribution in [0.15, 0.2) is 12.2 Å². The van der Waals surface area contributed by atoms with Gasteiger partial charge in [0.05, 0.1) is 6.10 Å². The van der Waals surface area contributed by atoms with E-state index >= 15 is 0 Å². The van der Waals surface area contributed by atoms with Crippen molar-refractivity contribution in [1.29, 1.82) is 0 Å². The molecule has 4 nitrogen and oxygen atoms in total. The summed E-state index contributed by atoms with van der Waals surface area (Å²) in [5.41, 5.74) is -1.21. The van der Waals surface area contributed by atoms with Crippen molar-refractivity contribution in [2.24, 2.45) is 22.7 Å². The summed E-state index contributed by atoms with van der Waals surface area (Å²) in [4.78, 5) is 25.3. The first-order valence-electron chi connectivity index (χ1n) is 6.98. The van der Waals surface area contributed by atoms with E-state index in [1.54, 1.807) is 0 Å². The topological polar surface area (TPSA) is 63.6 Å². The summed E-state index contributed by atoms with van der Waals surface area (Å²) < 4.78 is 5.21. The van der Waals surface area contributed by atoms with Crippen LogP contribution in [0.4, 0.5) is 0 Å². The number of aliphatic hydroxyl groups excluding tert-OH is 1. The number of esters is 1. The van der Waals surface area contributed by atoms with E-state index in [-0.39, 0.29) is 28.2 Å². The number of hydrogen-bond donors (Lipinski definition) is 1. The van der Waals surface area contributed by atoms with Gasteiger partial charge in [-0.05, 0) is 30.3 Å². The second-order valence-electron chi connectivity index (χ2n) is 6.63. The minimum absolute atomic E-state index is 0.0858. The number of alkyl halides is 1. The number of aliphatic hydroxyl groups is 1. The van der Waals surface area contributed by atoms with Crippen molar-refractivity contribution in [3.63, 3.8) is 0 Å². The molecule has 0 unspecified atom stereocenters. The van der Waals surface area contributed by atoms with Gasteiger partial charge in [-0.2, -0.15) is 0 Å². The number of Topliss-reactive ketones (excluding diaryl/α,β-unsaturated/α-hetero) is 1. The van der Waals surface area contributed by atoms with Crippen LogP contribution in [0.3, 0.4) is 0 Å². The van der Waals surface area contributed by atoms with Crippen LogP contribution in [-0.4, -0.2) is 33.5 Å². The van der Waals surface area contributed by atoms with Gasteiger partial charge >= 0.3 is 5.97 Å². The number of ether oxygens (including phenoxy) is 1. The molecule has 0 aromatic heterocycles. The minimum Gasteiger partial charge on any atom is -0.460 e. The van der Waals surface area contributed by atoms with E-state index in [4.69, 9.17) is 4.74 Å². The SMILES string of the molecule is C=C1COC(=O)[C@]12C[C@H]1C[C@@H](I)[C@H](O)[C@@H](C)[C@@]1(C)C2=O. The standard InChI is InChI=1S/C15H19IO4/c1-7-6-20-13(19)15(7)5-9-4-10(16)11(17)8(2)14(9,3)12(15)18/h8-11,17H,1,4-6H2,2-3H3/t8-,9-,10-,11-,14-,15-/m1/s1. The summed E-state index contributed by atoms with van der Waals surface area (Å²) in [5, 5.41) is 10.3. The Kier molecular flexibility index (Phi) is 3.11. The minimum atomic E-state index is -1.14. The summed E-state index contributed by atoms with van der Waals surface area (Å²) in [7, 11) is 0. The molecule has 3 rings (SSSR count). The highest BCUT2D eigenvalue weighted by molar-refractivity contribution is 14.1. The number of carbonyl (C=O) groups excluding carboxylic acids is 2. The van der Waals surface area contributed by atoms with Gasteiger partial charge in [-0.15, -0.1) is 0 Å². The van der Waals surface area contributed by atoms with Crippen molar-refractivity contribution in [2.75, 3.05) is 6.61 Å². The predicted octanol–water partition coefficient (Wildman–Crippen LogP) is 1.89. The van der Waals surface area contributed by atoms with Gasteiger partial charge < -0.3 is 9.84 Å².